The zero-order chi connectivity index (χ0) is 14.1. The molecule has 4 rings (SSSR count). The summed E-state index contributed by atoms with van der Waals surface area (Å²) in [5, 5.41) is 3.48. The third kappa shape index (κ3) is 2.41. The Morgan fingerprint density at radius 2 is 2.00 bits per heavy atom. The van der Waals surface area contributed by atoms with Gasteiger partial charge in [-0.15, -0.1) is 0 Å². The minimum Gasteiger partial charge on any atom is -0.367 e. The molecule has 108 valence electrons. The Bertz CT molecular complexity index is 596. The van der Waals surface area contributed by atoms with Crippen LogP contribution in [0.3, 0.4) is 0 Å². The highest BCUT2D eigenvalue weighted by Gasteiger charge is 2.48. The molecule has 2 aromatic heterocycles. The minimum atomic E-state index is 0.434. The molecule has 3 heterocycles. The molecule has 6 nitrogen and oxygen atoms in total. The highest BCUT2D eigenvalue weighted by Crippen LogP contribution is 2.49. The number of anilines is 2. The maximum absolute atomic E-state index is 4.35. The third-order valence-electron chi connectivity index (χ3n) is 4.57. The molecular formula is C15H18N6. The van der Waals surface area contributed by atoms with Crippen LogP contribution >= 0.6 is 0 Å². The Balaban J connectivity index is 1.35. The molecule has 2 aromatic rings. The lowest BCUT2D eigenvalue weighted by molar-refractivity contribution is 0.144. The van der Waals surface area contributed by atoms with E-state index >= 15 is 0 Å². The zero-order valence-corrected chi connectivity index (χ0v) is 11.8. The van der Waals surface area contributed by atoms with Gasteiger partial charge in [-0.3, -0.25) is 0 Å². The molecule has 0 unspecified atom stereocenters. The standard InChI is InChI=1S/C15H18N6/c1-4-17-14(18-5-1)21-7-3-15(10-21)8-12(9-15)20-13-2-6-16-11-19-13/h1-2,4-6,11-12H,3,7-10H2,(H,16,19,20). The fourth-order valence-corrected chi connectivity index (χ4v) is 3.57. The number of aromatic nitrogens is 4. The van der Waals surface area contributed by atoms with E-state index in [2.05, 4.69) is 30.2 Å². The molecule has 2 fully saturated rings. The van der Waals surface area contributed by atoms with Gasteiger partial charge in [-0.1, -0.05) is 0 Å². The Morgan fingerprint density at radius 1 is 1.14 bits per heavy atom. The van der Waals surface area contributed by atoms with Crippen LogP contribution in [-0.2, 0) is 0 Å². The van der Waals surface area contributed by atoms with Crippen molar-refractivity contribution in [2.45, 2.75) is 25.3 Å². The molecule has 1 aliphatic heterocycles. The molecule has 1 saturated heterocycles. The van der Waals surface area contributed by atoms with Crippen LogP contribution in [0.2, 0.25) is 0 Å². The van der Waals surface area contributed by atoms with Crippen LogP contribution in [0.1, 0.15) is 19.3 Å². The van der Waals surface area contributed by atoms with Gasteiger partial charge in [-0.05, 0) is 36.8 Å². The molecule has 0 radical (unpaired) electrons. The molecule has 0 aromatic carbocycles. The van der Waals surface area contributed by atoms with Crippen molar-refractivity contribution in [3.05, 3.63) is 37.1 Å². The second kappa shape index (κ2) is 4.95. The average molecular weight is 282 g/mol. The van der Waals surface area contributed by atoms with E-state index in [1.807, 2.05) is 24.5 Å². The quantitative estimate of drug-likeness (QED) is 0.925. The highest BCUT2D eigenvalue weighted by atomic mass is 15.3. The first kappa shape index (κ1) is 12.5. The van der Waals surface area contributed by atoms with Crippen molar-refractivity contribution in [1.82, 2.24) is 19.9 Å². The van der Waals surface area contributed by atoms with Gasteiger partial charge in [0, 0.05) is 37.7 Å². The van der Waals surface area contributed by atoms with E-state index < -0.39 is 0 Å². The van der Waals surface area contributed by atoms with E-state index in [4.69, 9.17) is 0 Å². The van der Waals surface area contributed by atoms with Gasteiger partial charge in [0.1, 0.15) is 12.1 Å². The van der Waals surface area contributed by atoms with Crippen LogP contribution in [0.5, 0.6) is 0 Å². The molecule has 6 heteroatoms. The Labute approximate surface area is 123 Å². The molecule has 21 heavy (non-hydrogen) atoms. The maximum atomic E-state index is 4.35. The van der Waals surface area contributed by atoms with Gasteiger partial charge in [0.25, 0.3) is 0 Å². The Morgan fingerprint density at radius 3 is 2.76 bits per heavy atom. The fraction of sp³-hybridized carbons (Fsp3) is 0.467. The zero-order valence-electron chi connectivity index (χ0n) is 11.8. The van der Waals surface area contributed by atoms with E-state index in [-0.39, 0.29) is 0 Å². The van der Waals surface area contributed by atoms with Crippen molar-refractivity contribution in [1.29, 1.82) is 0 Å². The summed E-state index contributed by atoms with van der Waals surface area (Å²) in [5.41, 5.74) is 0.434. The summed E-state index contributed by atoms with van der Waals surface area (Å²) in [6.07, 6.45) is 10.6. The SMILES string of the molecule is c1cnc(N2CCC3(CC(Nc4ccncn4)C3)C2)nc1. The molecule has 1 N–H and O–H groups in total. The highest BCUT2D eigenvalue weighted by molar-refractivity contribution is 5.37. The van der Waals surface area contributed by atoms with Gasteiger partial charge in [0.05, 0.1) is 0 Å². The fourth-order valence-electron chi connectivity index (χ4n) is 3.57. The lowest BCUT2D eigenvalue weighted by Gasteiger charge is -2.45. The van der Waals surface area contributed by atoms with Crippen LogP contribution < -0.4 is 10.2 Å². The van der Waals surface area contributed by atoms with Crippen molar-refractivity contribution < 1.29 is 0 Å². The number of hydrogen-bond donors (Lipinski definition) is 1. The molecule has 1 aliphatic carbocycles. The van der Waals surface area contributed by atoms with Crippen molar-refractivity contribution in [3.8, 4) is 0 Å². The van der Waals surface area contributed by atoms with E-state index in [1.165, 1.54) is 19.3 Å². The normalized spacial score (nSPS) is 27.6. The van der Waals surface area contributed by atoms with Gasteiger partial charge in [-0.25, -0.2) is 19.9 Å². The first-order valence-electron chi connectivity index (χ1n) is 7.38. The van der Waals surface area contributed by atoms with E-state index in [0.717, 1.165) is 24.9 Å². The van der Waals surface area contributed by atoms with E-state index in [0.29, 0.717) is 11.5 Å². The first-order valence-corrected chi connectivity index (χ1v) is 7.38. The van der Waals surface area contributed by atoms with Crippen LogP contribution in [0.4, 0.5) is 11.8 Å². The second-order valence-electron chi connectivity index (χ2n) is 6.06. The molecule has 1 saturated carbocycles. The third-order valence-corrected chi connectivity index (χ3v) is 4.57. The lowest BCUT2D eigenvalue weighted by atomic mass is 9.65. The van der Waals surface area contributed by atoms with Gasteiger partial charge in [-0.2, -0.15) is 0 Å². The van der Waals surface area contributed by atoms with Crippen molar-refractivity contribution >= 4 is 11.8 Å². The predicted octanol–water partition coefficient (Wildman–Crippen LogP) is 1.74. The topological polar surface area (TPSA) is 66.8 Å². The minimum absolute atomic E-state index is 0.434. The summed E-state index contributed by atoms with van der Waals surface area (Å²) >= 11 is 0. The molecule has 0 amide bonds. The molecular weight excluding hydrogens is 264 g/mol. The second-order valence-corrected chi connectivity index (χ2v) is 6.06. The summed E-state index contributed by atoms with van der Waals surface area (Å²) < 4.78 is 0. The maximum Gasteiger partial charge on any atom is 0.225 e. The van der Waals surface area contributed by atoms with Gasteiger partial charge in [0.2, 0.25) is 5.95 Å². The predicted molar refractivity (Wildman–Crippen MR) is 80.0 cm³/mol. The number of rotatable bonds is 3. The van der Waals surface area contributed by atoms with Crippen LogP contribution in [-0.4, -0.2) is 39.1 Å². The molecule has 1 spiro atoms. The van der Waals surface area contributed by atoms with Gasteiger partial charge < -0.3 is 10.2 Å². The number of nitrogens with one attached hydrogen (secondary N) is 1. The molecule has 0 bridgehead atoms. The summed E-state index contributed by atoms with van der Waals surface area (Å²) in [6, 6.07) is 4.31. The first-order chi connectivity index (χ1) is 10.3. The van der Waals surface area contributed by atoms with Gasteiger partial charge >= 0.3 is 0 Å². The van der Waals surface area contributed by atoms with Crippen molar-refractivity contribution in [2.24, 2.45) is 5.41 Å². The van der Waals surface area contributed by atoms with E-state index in [9.17, 15) is 0 Å². The van der Waals surface area contributed by atoms with Crippen molar-refractivity contribution in [2.75, 3.05) is 23.3 Å². The lowest BCUT2D eigenvalue weighted by Crippen LogP contribution is -2.47. The average Bonchev–Trinajstić information content (AvgIpc) is 2.94. The summed E-state index contributed by atoms with van der Waals surface area (Å²) in [6.45, 7) is 2.13. The smallest absolute Gasteiger partial charge is 0.225 e. The summed E-state index contributed by atoms with van der Waals surface area (Å²) in [4.78, 5) is 19.2. The van der Waals surface area contributed by atoms with Crippen LogP contribution in [0, 0.1) is 5.41 Å². The van der Waals surface area contributed by atoms with Crippen LogP contribution in [0.15, 0.2) is 37.1 Å². The van der Waals surface area contributed by atoms with Crippen molar-refractivity contribution in [3.63, 3.8) is 0 Å². The number of nitrogens with zero attached hydrogens (tertiary/aromatic N) is 5. The summed E-state index contributed by atoms with van der Waals surface area (Å²) in [7, 11) is 0. The van der Waals surface area contributed by atoms with Gasteiger partial charge in [0.15, 0.2) is 0 Å². The Hall–Kier alpha value is -2.24. The molecule has 0 atom stereocenters. The largest absolute Gasteiger partial charge is 0.367 e. The summed E-state index contributed by atoms with van der Waals surface area (Å²) in [5.74, 6) is 1.78. The number of hydrogen-bond acceptors (Lipinski definition) is 6. The Kier molecular flexibility index (Phi) is 2.94. The van der Waals surface area contributed by atoms with Crippen LogP contribution in [0.25, 0.3) is 0 Å². The molecule has 2 aliphatic rings. The monoisotopic (exact) mass is 282 g/mol. The van der Waals surface area contributed by atoms with E-state index in [1.54, 1.807) is 12.5 Å².